The fourth-order valence-electron chi connectivity index (χ4n) is 2.66. The van der Waals surface area contributed by atoms with E-state index in [0.29, 0.717) is 19.0 Å². The predicted molar refractivity (Wildman–Crippen MR) is 99.9 cm³/mol. The van der Waals surface area contributed by atoms with E-state index in [-0.39, 0.29) is 12.5 Å². The van der Waals surface area contributed by atoms with Crippen LogP contribution >= 0.6 is 15.9 Å². The number of nitrogens with zero attached hydrogens (tertiary/aromatic N) is 4. The second kappa shape index (κ2) is 7.82. The van der Waals surface area contributed by atoms with Gasteiger partial charge in [0.2, 0.25) is 5.95 Å². The first-order valence-electron chi connectivity index (χ1n) is 8.23. The van der Waals surface area contributed by atoms with Gasteiger partial charge in [-0.2, -0.15) is 0 Å². The lowest BCUT2D eigenvalue weighted by molar-refractivity contribution is -0.133. The maximum Gasteiger partial charge on any atom is 0.260 e. The molecule has 1 aliphatic rings. The van der Waals surface area contributed by atoms with Gasteiger partial charge in [-0.1, -0.05) is 6.07 Å². The van der Waals surface area contributed by atoms with Crippen molar-refractivity contribution in [3.05, 3.63) is 46.2 Å². The van der Waals surface area contributed by atoms with Gasteiger partial charge < -0.3 is 14.5 Å². The van der Waals surface area contributed by atoms with Crippen molar-refractivity contribution in [3.63, 3.8) is 0 Å². The maximum absolute atomic E-state index is 12.4. The highest BCUT2D eigenvalue weighted by Gasteiger charge is 2.22. The number of amides is 1. The molecule has 0 bridgehead atoms. The molecule has 7 heteroatoms. The van der Waals surface area contributed by atoms with Crippen molar-refractivity contribution >= 4 is 27.8 Å². The first-order chi connectivity index (χ1) is 12.0. The number of aromatic nitrogens is 2. The molecule has 1 aromatic heterocycles. The van der Waals surface area contributed by atoms with Gasteiger partial charge in [-0.25, -0.2) is 9.97 Å². The zero-order valence-corrected chi connectivity index (χ0v) is 16.0. The highest BCUT2D eigenvalue weighted by atomic mass is 79.9. The van der Waals surface area contributed by atoms with Crippen LogP contribution in [0.3, 0.4) is 0 Å². The van der Waals surface area contributed by atoms with Crippen molar-refractivity contribution in [1.29, 1.82) is 0 Å². The zero-order valence-electron chi connectivity index (χ0n) is 14.4. The van der Waals surface area contributed by atoms with Gasteiger partial charge in [-0.05, 0) is 53.0 Å². The van der Waals surface area contributed by atoms with Crippen molar-refractivity contribution in [2.45, 2.75) is 13.8 Å². The zero-order chi connectivity index (χ0) is 17.8. The number of aryl methyl sites for hydroxylation is 2. The number of ether oxygens (including phenoxy) is 1. The number of hydrogen-bond acceptors (Lipinski definition) is 5. The Kier molecular flexibility index (Phi) is 5.53. The van der Waals surface area contributed by atoms with Crippen LogP contribution in [0.25, 0.3) is 0 Å². The topological polar surface area (TPSA) is 58.6 Å². The van der Waals surface area contributed by atoms with Crippen LogP contribution in [0.1, 0.15) is 11.1 Å². The van der Waals surface area contributed by atoms with E-state index in [1.807, 2.05) is 30.0 Å². The molecule has 1 amide bonds. The summed E-state index contributed by atoms with van der Waals surface area (Å²) >= 11 is 3.33. The molecule has 2 heterocycles. The number of carbonyl (C=O) groups excluding carboxylic acids is 1. The lowest BCUT2D eigenvalue weighted by atomic mass is 10.1. The number of carbonyl (C=O) groups is 1. The molecule has 1 aliphatic heterocycles. The van der Waals surface area contributed by atoms with Crippen molar-refractivity contribution in [3.8, 4) is 5.75 Å². The molecular formula is C18H21BrN4O2. The van der Waals surface area contributed by atoms with E-state index in [9.17, 15) is 4.79 Å². The Morgan fingerprint density at radius 1 is 1.12 bits per heavy atom. The minimum absolute atomic E-state index is 0.00889. The van der Waals surface area contributed by atoms with Gasteiger partial charge in [0.1, 0.15) is 5.75 Å². The monoisotopic (exact) mass is 404 g/mol. The Bertz CT molecular complexity index is 743. The van der Waals surface area contributed by atoms with E-state index >= 15 is 0 Å². The SMILES string of the molecule is Cc1ccc(OCC(=O)N2CCN(c3ncc(Br)cn3)CC2)cc1C. The van der Waals surface area contributed by atoms with Gasteiger partial charge in [0.15, 0.2) is 6.61 Å². The van der Waals surface area contributed by atoms with Gasteiger partial charge in [-0.3, -0.25) is 4.79 Å². The van der Waals surface area contributed by atoms with E-state index in [1.165, 1.54) is 5.56 Å². The molecule has 1 aromatic carbocycles. The van der Waals surface area contributed by atoms with Crippen LogP contribution < -0.4 is 9.64 Å². The molecule has 1 fully saturated rings. The van der Waals surface area contributed by atoms with Crippen LogP contribution in [0.2, 0.25) is 0 Å². The fraction of sp³-hybridized carbons (Fsp3) is 0.389. The molecule has 25 heavy (non-hydrogen) atoms. The van der Waals surface area contributed by atoms with Gasteiger partial charge in [0, 0.05) is 38.6 Å². The summed E-state index contributed by atoms with van der Waals surface area (Å²) < 4.78 is 6.50. The van der Waals surface area contributed by atoms with Crippen LogP contribution in [0.15, 0.2) is 35.1 Å². The van der Waals surface area contributed by atoms with E-state index < -0.39 is 0 Å². The second-order valence-corrected chi connectivity index (χ2v) is 7.02. The average molecular weight is 405 g/mol. The number of halogens is 1. The summed E-state index contributed by atoms with van der Waals surface area (Å²) in [6.45, 7) is 6.89. The number of rotatable bonds is 4. The summed E-state index contributed by atoms with van der Waals surface area (Å²) in [5, 5.41) is 0. The lowest BCUT2D eigenvalue weighted by Crippen LogP contribution is -2.50. The van der Waals surface area contributed by atoms with Gasteiger partial charge in [-0.15, -0.1) is 0 Å². The van der Waals surface area contributed by atoms with Crippen LogP contribution in [-0.4, -0.2) is 53.6 Å². The average Bonchev–Trinajstić information content (AvgIpc) is 2.63. The van der Waals surface area contributed by atoms with Crippen molar-refractivity contribution in [2.24, 2.45) is 0 Å². The smallest absolute Gasteiger partial charge is 0.260 e. The minimum atomic E-state index is 0.00889. The van der Waals surface area contributed by atoms with Crippen molar-refractivity contribution in [2.75, 3.05) is 37.7 Å². The summed E-state index contributed by atoms with van der Waals surface area (Å²) in [6.07, 6.45) is 3.47. The van der Waals surface area contributed by atoms with Crippen molar-refractivity contribution in [1.82, 2.24) is 14.9 Å². The summed E-state index contributed by atoms with van der Waals surface area (Å²) in [5.74, 6) is 1.44. The molecule has 0 N–H and O–H groups in total. The number of benzene rings is 1. The Hall–Kier alpha value is -2.15. The molecule has 0 radical (unpaired) electrons. The molecule has 0 spiro atoms. The third-order valence-electron chi connectivity index (χ3n) is 4.36. The Labute approximate surface area is 156 Å². The molecule has 2 aromatic rings. The largest absolute Gasteiger partial charge is 0.484 e. The fourth-order valence-corrected chi connectivity index (χ4v) is 2.87. The van der Waals surface area contributed by atoms with E-state index in [0.717, 1.165) is 28.9 Å². The molecule has 132 valence electrons. The Balaban J connectivity index is 1.49. The number of anilines is 1. The third-order valence-corrected chi connectivity index (χ3v) is 4.77. The second-order valence-electron chi connectivity index (χ2n) is 6.10. The summed E-state index contributed by atoms with van der Waals surface area (Å²) in [4.78, 5) is 24.9. The number of hydrogen-bond donors (Lipinski definition) is 0. The van der Waals surface area contributed by atoms with Crippen LogP contribution in [0.5, 0.6) is 5.75 Å². The standard InChI is InChI=1S/C18H21BrN4O2/c1-13-3-4-16(9-14(13)2)25-12-17(24)22-5-7-23(8-6-22)18-20-10-15(19)11-21-18/h3-4,9-11H,5-8,12H2,1-2H3. The molecular weight excluding hydrogens is 384 g/mol. The van der Waals surface area contributed by atoms with E-state index in [2.05, 4.69) is 37.7 Å². The van der Waals surface area contributed by atoms with Gasteiger partial charge in [0.25, 0.3) is 5.91 Å². The highest BCUT2D eigenvalue weighted by molar-refractivity contribution is 9.10. The number of piperazine rings is 1. The van der Waals surface area contributed by atoms with Gasteiger partial charge >= 0.3 is 0 Å². The molecule has 1 saturated heterocycles. The maximum atomic E-state index is 12.4. The molecule has 6 nitrogen and oxygen atoms in total. The molecule has 0 aliphatic carbocycles. The first kappa shape index (κ1) is 17.7. The third kappa shape index (κ3) is 4.48. The van der Waals surface area contributed by atoms with E-state index in [1.54, 1.807) is 12.4 Å². The lowest BCUT2D eigenvalue weighted by Gasteiger charge is -2.34. The summed E-state index contributed by atoms with van der Waals surface area (Å²) in [7, 11) is 0. The molecule has 0 unspecified atom stereocenters. The highest BCUT2D eigenvalue weighted by Crippen LogP contribution is 2.17. The van der Waals surface area contributed by atoms with Gasteiger partial charge in [0.05, 0.1) is 4.47 Å². The minimum Gasteiger partial charge on any atom is -0.484 e. The van der Waals surface area contributed by atoms with Crippen LogP contribution in [-0.2, 0) is 4.79 Å². The molecule has 0 atom stereocenters. The summed E-state index contributed by atoms with van der Waals surface area (Å²) in [6, 6.07) is 5.87. The van der Waals surface area contributed by atoms with Crippen LogP contribution in [0.4, 0.5) is 5.95 Å². The molecule has 0 saturated carbocycles. The Morgan fingerprint density at radius 2 is 1.80 bits per heavy atom. The quantitative estimate of drug-likeness (QED) is 0.783. The molecule has 3 rings (SSSR count). The van der Waals surface area contributed by atoms with E-state index in [4.69, 9.17) is 4.74 Å². The normalized spacial score (nSPS) is 14.5. The van der Waals surface area contributed by atoms with Crippen molar-refractivity contribution < 1.29 is 9.53 Å². The Morgan fingerprint density at radius 3 is 2.44 bits per heavy atom. The first-order valence-corrected chi connectivity index (χ1v) is 9.02. The predicted octanol–water partition coefficient (Wildman–Crippen LogP) is 2.58. The summed E-state index contributed by atoms with van der Waals surface area (Å²) in [5.41, 5.74) is 2.37. The van der Waals surface area contributed by atoms with Crippen LogP contribution in [0, 0.1) is 13.8 Å².